The molecule has 0 radical (unpaired) electrons. The lowest BCUT2D eigenvalue weighted by Crippen LogP contribution is -2.21. The first kappa shape index (κ1) is 23.6. The number of carbonyl (C=O) groups is 3. The van der Waals surface area contributed by atoms with Gasteiger partial charge in [0.1, 0.15) is 5.03 Å². The first-order valence-corrected chi connectivity index (χ1v) is 11.0. The molecule has 7 nitrogen and oxygen atoms in total. The van der Waals surface area contributed by atoms with Crippen LogP contribution in [0, 0.1) is 0 Å². The fraction of sp³-hybridized carbons (Fsp3) is 0.0909. The lowest BCUT2D eigenvalue weighted by Gasteiger charge is -2.09. The zero-order valence-corrected chi connectivity index (χ0v) is 18.8. The largest absolute Gasteiger partial charge is 0.452 e. The van der Waals surface area contributed by atoms with Crippen LogP contribution >= 0.6 is 35.0 Å². The number of thioether (sulfide) groups is 1. The van der Waals surface area contributed by atoms with Gasteiger partial charge in [-0.05, 0) is 60.7 Å². The van der Waals surface area contributed by atoms with Crippen molar-refractivity contribution in [2.24, 2.45) is 0 Å². The minimum Gasteiger partial charge on any atom is -0.452 e. The molecule has 0 spiro atoms. The van der Waals surface area contributed by atoms with Crippen molar-refractivity contribution in [3.05, 3.63) is 82.5 Å². The summed E-state index contributed by atoms with van der Waals surface area (Å²) >= 11 is 12.7. The number of aromatic nitrogens is 1. The monoisotopic (exact) mass is 489 g/mol. The second-order valence-electron chi connectivity index (χ2n) is 6.33. The number of nitrogens with zero attached hydrogens (tertiary/aromatic N) is 1. The number of esters is 1. The molecule has 3 rings (SSSR count). The predicted molar refractivity (Wildman–Crippen MR) is 125 cm³/mol. The third-order valence-corrected chi connectivity index (χ3v) is 5.43. The van der Waals surface area contributed by atoms with Crippen molar-refractivity contribution in [1.82, 2.24) is 4.98 Å². The number of ether oxygens (including phenoxy) is 1. The van der Waals surface area contributed by atoms with Crippen LogP contribution in [0.4, 0.5) is 11.4 Å². The van der Waals surface area contributed by atoms with Gasteiger partial charge in [-0.3, -0.25) is 9.59 Å². The second-order valence-corrected chi connectivity index (χ2v) is 8.17. The fourth-order valence-corrected chi connectivity index (χ4v) is 3.50. The van der Waals surface area contributed by atoms with Crippen molar-refractivity contribution < 1.29 is 19.1 Å². The topological polar surface area (TPSA) is 97.4 Å². The zero-order chi connectivity index (χ0) is 22.9. The van der Waals surface area contributed by atoms with Gasteiger partial charge in [-0.15, -0.1) is 0 Å². The Morgan fingerprint density at radius 1 is 0.844 bits per heavy atom. The molecule has 0 saturated carbocycles. The van der Waals surface area contributed by atoms with Crippen molar-refractivity contribution >= 4 is 64.1 Å². The smallest absolute Gasteiger partial charge is 0.341 e. The average Bonchev–Trinajstić information content (AvgIpc) is 2.79. The van der Waals surface area contributed by atoms with Gasteiger partial charge in [-0.2, -0.15) is 0 Å². The van der Waals surface area contributed by atoms with E-state index in [0.717, 1.165) is 11.8 Å². The maximum atomic E-state index is 12.4. The highest BCUT2D eigenvalue weighted by Gasteiger charge is 2.17. The van der Waals surface area contributed by atoms with Crippen LogP contribution in [0.25, 0.3) is 0 Å². The summed E-state index contributed by atoms with van der Waals surface area (Å²) in [5, 5.41) is 6.76. The Bertz CT molecular complexity index is 1110. The molecule has 164 valence electrons. The number of hydrogen-bond acceptors (Lipinski definition) is 6. The highest BCUT2D eigenvalue weighted by Crippen LogP contribution is 2.22. The number of pyridine rings is 1. The number of benzene rings is 2. The summed E-state index contributed by atoms with van der Waals surface area (Å²) in [4.78, 5) is 40.8. The molecule has 2 aromatic carbocycles. The summed E-state index contributed by atoms with van der Waals surface area (Å²) < 4.78 is 5.10. The van der Waals surface area contributed by atoms with Crippen molar-refractivity contribution in [3.8, 4) is 0 Å². The Morgan fingerprint density at radius 3 is 2.00 bits per heavy atom. The van der Waals surface area contributed by atoms with Crippen molar-refractivity contribution in [2.75, 3.05) is 23.0 Å². The number of anilines is 2. The molecule has 1 aromatic heterocycles. The van der Waals surface area contributed by atoms with Crippen LogP contribution in [-0.2, 0) is 14.3 Å². The van der Waals surface area contributed by atoms with Crippen LogP contribution in [0.3, 0.4) is 0 Å². The number of halogens is 2. The first-order valence-electron chi connectivity index (χ1n) is 9.26. The summed E-state index contributed by atoms with van der Waals surface area (Å²) in [5.41, 5.74) is 1.29. The quantitative estimate of drug-likeness (QED) is 0.344. The molecular formula is C22H17Cl2N3O4S. The van der Waals surface area contributed by atoms with E-state index in [0.29, 0.717) is 26.4 Å². The van der Waals surface area contributed by atoms with Gasteiger partial charge >= 0.3 is 5.97 Å². The van der Waals surface area contributed by atoms with Crippen LogP contribution in [-0.4, -0.2) is 35.1 Å². The molecule has 0 bridgehead atoms. The number of hydrogen-bond donors (Lipinski definition) is 2. The molecule has 10 heteroatoms. The number of carbonyl (C=O) groups excluding carboxylic acids is 3. The van der Waals surface area contributed by atoms with Crippen LogP contribution in [0.5, 0.6) is 0 Å². The maximum absolute atomic E-state index is 12.4. The van der Waals surface area contributed by atoms with E-state index in [2.05, 4.69) is 15.6 Å². The van der Waals surface area contributed by atoms with Crippen LogP contribution in [0.2, 0.25) is 10.0 Å². The Kier molecular flexibility index (Phi) is 8.49. The predicted octanol–water partition coefficient (Wildman–Crippen LogP) is 4.91. The summed E-state index contributed by atoms with van der Waals surface area (Å²) in [7, 11) is 0. The summed E-state index contributed by atoms with van der Waals surface area (Å²) in [5.74, 6) is -1.47. The van der Waals surface area contributed by atoms with E-state index in [9.17, 15) is 14.4 Å². The number of rotatable bonds is 8. The standard InChI is InChI=1S/C22H17Cl2N3O4S/c23-14-3-7-16(8-4-14)26-19(28)12-31-22(30)18-2-1-11-25-21(18)32-13-20(29)27-17-9-5-15(24)6-10-17/h1-11H,12-13H2,(H,26,28)(H,27,29). The van der Waals surface area contributed by atoms with Gasteiger partial charge in [0.05, 0.1) is 11.3 Å². The van der Waals surface area contributed by atoms with Crippen molar-refractivity contribution in [1.29, 1.82) is 0 Å². The molecule has 3 aromatic rings. The molecular weight excluding hydrogens is 473 g/mol. The minimum atomic E-state index is -0.718. The fourth-order valence-electron chi connectivity index (χ4n) is 2.46. The number of amides is 2. The molecule has 2 amide bonds. The third kappa shape index (κ3) is 7.26. The average molecular weight is 490 g/mol. The lowest BCUT2D eigenvalue weighted by atomic mass is 10.3. The molecule has 0 atom stereocenters. The molecule has 0 unspecified atom stereocenters. The summed E-state index contributed by atoms with van der Waals surface area (Å²) in [6, 6.07) is 16.3. The molecule has 0 fully saturated rings. The molecule has 0 aliphatic carbocycles. The van der Waals surface area contributed by atoms with Gasteiger partial charge < -0.3 is 15.4 Å². The Labute approximate surface area is 198 Å². The lowest BCUT2D eigenvalue weighted by molar-refractivity contribution is -0.119. The third-order valence-electron chi connectivity index (χ3n) is 3.92. The zero-order valence-electron chi connectivity index (χ0n) is 16.5. The summed E-state index contributed by atoms with van der Waals surface area (Å²) in [6.45, 7) is -0.475. The van der Waals surface area contributed by atoms with Crippen molar-refractivity contribution in [2.45, 2.75) is 5.03 Å². The minimum absolute atomic E-state index is 0.0248. The normalized spacial score (nSPS) is 10.3. The van der Waals surface area contributed by atoms with Gasteiger partial charge in [-0.1, -0.05) is 35.0 Å². The molecule has 2 N–H and O–H groups in total. The van der Waals surface area contributed by atoms with E-state index in [4.69, 9.17) is 27.9 Å². The SMILES string of the molecule is O=C(COC(=O)c1cccnc1SCC(=O)Nc1ccc(Cl)cc1)Nc1ccc(Cl)cc1. The van der Waals surface area contributed by atoms with Gasteiger partial charge in [0.2, 0.25) is 5.91 Å². The molecule has 1 heterocycles. The second kappa shape index (κ2) is 11.5. The summed E-state index contributed by atoms with van der Waals surface area (Å²) in [6.07, 6.45) is 1.50. The van der Waals surface area contributed by atoms with Crippen LogP contribution in [0.1, 0.15) is 10.4 Å². The Balaban J connectivity index is 1.52. The van der Waals surface area contributed by atoms with E-state index < -0.39 is 18.5 Å². The van der Waals surface area contributed by atoms with E-state index in [1.54, 1.807) is 54.6 Å². The van der Waals surface area contributed by atoms with Gasteiger partial charge in [0, 0.05) is 27.6 Å². The van der Waals surface area contributed by atoms with Crippen molar-refractivity contribution in [3.63, 3.8) is 0 Å². The van der Waals surface area contributed by atoms with Gasteiger partial charge in [0.25, 0.3) is 5.91 Å². The van der Waals surface area contributed by atoms with Gasteiger partial charge in [0.15, 0.2) is 6.61 Å². The highest BCUT2D eigenvalue weighted by molar-refractivity contribution is 8.00. The number of nitrogens with one attached hydrogen (secondary N) is 2. The van der Waals surface area contributed by atoms with E-state index in [1.807, 2.05) is 0 Å². The Hall–Kier alpha value is -3.07. The molecule has 0 saturated heterocycles. The van der Waals surface area contributed by atoms with Crippen LogP contribution in [0.15, 0.2) is 71.9 Å². The van der Waals surface area contributed by atoms with Crippen LogP contribution < -0.4 is 10.6 Å². The van der Waals surface area contributed by atoms with Gasteiger partial charge in [-0.25, -0.2) is 9.78 Å². The highest BCUT2D eigenvalue weighted by atomic mass is 35.5. The Morgan fingerprint density at radius 2 is 1.41 bits per heavy atom. The molecule has 0 aliphatic heterocycles. The molecule has 0 aliphatic rings. The van der Waals surface area contributed by atoms with E-state index in [-0.39, 0.29) is 17.2 Å². The first-order chi connectivity index (χ1) is 15.4. The maximum Gasteiger partial charge on any atom is 0.341 e. The van der Waals surface area contributed by atoms with E-state index >= 15 is 0 Å². The van der Waals surface area contributed by atoms with E-state index in [1.165, 1.54) is 12.3 Å². The molecule has 32 heavy (non-hydrogen) atoms.